The second-order valence-electron chi connectivity index (χ2n) is 5.15. The number of non-ortho nitro benzene ring substituents is 1. The van der Waals surface area contributed by atoms with Crippen molar-refractivity contribution in [3.8, 4) is 23.3 Å². The van der Waals surface area contributed by atoms with Crippen molar-refractivity contribution in [3.05, 3.63) is 57.6 Å². The van der Waals surface area contributed by atoms with Gasteiger partial charge in [0.2, 0.25) is 0 Å². The summed E-state index contributed by atoms with van der Waals surface area (Å²) in [6.07, 6.45) is 1.55. The fraction of sp³-hybridized carbons (Fsp3) is 0.211. The molecule has 7 nitrogen and oxygen atoms in total. The number of methoxy groups -OCH3 is 2. The molecule has 2 rings (SSSR count). The lowest BCUT2D eigenvalue weighted by Crippen LogP contribution is -1.96. The summed E-state index contributed by atoms with van der Waals surface area (Å²) in [5.41, 5.74) is 1.28. The maximum absolute atomic E-state index is 11.1. The van der Waals surface area contributed by atoms with Gasteiger partial charge in [-0.2, -0.15) is 5.26 Å². The Balaban J connectivity index is 2.56. The van der Waals surface area contributed by atoms with E-state index in [1.165, 1.54) is 32.4 Å². The van der Waals surface area contributed by atoms with E-state index in [0.29, 0.717) is 40.6 Å². The lowest BCUT2D eigenvalue weighted by atomic mass is 10.0. The Bertz CT molecular complexity index is 884. The highest BCUT2D eigenvalue weighted by molar-refractivity contribution is 5.91. The van der Waals surface area contributed by atoms with Crippen molar-refractivity contribution in [2.45, 2.75) is 6.92 Å². The molecule has 0 aliphatic heterocycles. The standard InChI is InChI=1S/C19H18N2O5/c1-4-26-17-8-6-16(21(22)23)10-14(17)9-15(12-20)13-5-7-18(24-2)19(11-13)25-3/h5-11H,4H2,1-3H3. The van der Waals surface area contributed by atoms with Crippen molar-refractivity contribution in [1.82, 2.24) is 0 Å². The van der Waals surface area contributed by atoms with Gasteiger partial charge in [-0.25, -0.2) is 0 Å². The summed E-state index contributed by atoms with van der Waals surface area (Å²) in [6.45, 7) is 2.21. The number of hydrogen-bond acceptors (Lipinski definition) is 6. The van der Waals surface area contributed by atoms with Crippen LogP contribution >= 0.6 is 0 Å². The van der Waals surface area contributed by atoms with Gasteiger partial charge in [-0.3, -0.25) is 10.1 Å². The van der Waals surface area contributed by atoms with Gasteiger partial charge in [-0.15, -0.1) is 0 Å². The van der Waals surface area contributed by atoms with Crippen LogP contribution in [0, 0.1) is 21.4 Å². The van der Waals surface area contributed by atoms with Gasteiger partial charge < -0.3 is 14.2 Å². The molecule has 0 radical (unpaired) electrons. The first-order chi connectivity index (χ1) is 12.5. The maximum Gasteiger partial charge on any atom is 0.270 e. The SMILES string of the molecule is CCOc1ccc([N+](=O)[O-])cc1C=C(C#N)c1ccc(OC)c(OC)c1. The number of nitriles is 1. The van der Waals surface area contributed by atoms with Crippen LogP contribution in [0.3, 0.4) is 0 Å². The van der Waals surface area contributed by atoms with Gasteiger partial charge in [0.15, 0.2) is 11.5 Å². The van der Waals surface area contributed by atoms with E-state index >= 15 is 0 Å². The average Bonchev–Trinajstić information content (AvgIpc) is 2.66. The molecular formula is C19H18N2O5. The van der Waals surface area contributed by atoms with Crippen molar-refractivity contribution in [3.63, 3.8) is 0 Å². The molecule has 134 valence electrons. The third-order valence-corrected chi connectivity index (χ3v) is 3.62. The average molecular weight is 354 g/mol. The van der Waals surface area contributed by atoms with Crippen molar-refractivity contribution in [2.75, 3.05) is 20.8 Å². The molecule has 0 aliphatic rings. The molecule has 0 N–H and O–H groups in total. The molecule has 0 aromatic heterocycles. The van der Waals surface area contributed by atoms with E-state index < -0.39 is 4.92 Å². The summed E-state index contributed by atoms with van der Waals surface area (Å²) in [4.78, 5) is 10.6. The second kappa shape index (κ2) is 8.53. The molecule has 0 atom stereocenters. The van der Waals surface area contributed by atoms with Gasteiger partial charge in [0.05, 0.1) is 37.4 Å². The molecule has 0 fully saturated rings. The summed E-state index contributed by atoms with van der Waals surface area (Å²) in [7, 11) is 3.03. The quantitative estimate of drug-likeness (QED) is 0.322. The van der Waals surface area contributed by atoms with E-state index in [1.54, 1.807) is 24.3 Å². The minimum absolute atomic E-state index is 0.0793. The first-order valence-corrected chi connectivity index (χ1v) is 7.79. The van der Waals surface area contributed by atoms with E-state index in [4.69, 9.17) is 14.2 Å². The Morgan fingerprint density at radius 1 is 1.15 bits per heavy atom. The van der Waals surface area contributed by atoms with E-state index in [1.807, 2.05) is 6.92 Å². The van der Waals surface area contributed by atoms with Crippen molar-refractivity contribution < 1.29 is 19.1 Å². The third-order valence-electron chi connectivity index (χ3n) is 3.62. The van der Waals surface area contributed by atoms with Crippen LogP contribution in [-0.2, 0) is 0 Å². The monoisotopic (exact) mass is 354 g/mol. The minimum Gasteiger partial charge on any atom is -0.493 e. The molecule has 26 heavy (non-hydrogen) atoms. The highest BCUT2D eigenvalue weighted by atomic mass is 16.6. The summed E-state index contributed by atoms with van der Waals surface area (Å²) < 4.78 is 16.0. The van der Waals surface area contributed by atoms with E-state index in [9.17, 15) is 15.4 Å². The van der Waals surface area contributed by atoms with Crippen LogP contribution in [0.1, 0.15) is 18.1 Å². The van der Waals surface area contributed by atoms with Gasteiger partial charge >= 0.3 is 0 Å². The Morgan fingerprint density at radius 2 is 1.85 bits per heavy atom. The first kappa shape index (κ1) is 18.8. The van der Waals surface area contributed by atoms with Crippen molar-refractivity contribution in [1.29, 1.82) is 5.26 Å². The van der Waals surface area contributed by atoms with Crippen LogP contribution in [0.15, 0.2) is 36.4 Å². The number of allylic oxidation sites excluding steroid dienone is 1. The summed E-state index contributed by atoms with van der Waals surface area (Å²) in [5, 5.41) is 20.6. The van der Waals surface area contributed by atoms with Crippen LogP contribution < -0.4 is 14.2 Å². The molecule has 0 heterocycles. The van der Waals surface area contributed by atoms with Gasteiger partial charge in [-0.05, 0) is 42.8 Å². The molecule has 0 bridgehead atoms. The topological polar surface area (TPSA) is 94.6 Å². The molecule has 0 saturated heterocycles. The molecule has 0 amide bonds. The van der Waals surface area contributed by atoms with Crippen molar-refractivity contribution in [2.24, 2.45) is 0 Å². The molecular weight excluding hydrogens is 336 g/mol. The lowest BCUT2D eigenvalue weighted by molar-refractivity contribution is -0.384. The molecule has 0 aliphatic carbocycles. The fourth-order valence-corrected chi connectivity index (χ4v) is 2.39. The van der Waals surface area contributed by atoms with Crippen LogP contribution in [0.4, 0.5) is 5.69 Å². The zero-order valence-electron chi connectivity index (χ0n) is 14.7. The second-order valence-corrected chi connectivity index (χ2v) is 5.15. The predicted octanol–water partition coefficient (Wildman–Crippen LogP) is 4.07. The molecule has 0 saturated carbocycles. The maximum atomic E-state index is 11.1. The number of ether oxygens (including phenoxy) is 3. The Hall–Kier alpha value is -3.53. The molecule has 2 aromatic carbocycles. The zero-order valence-corrected chi connectivity index (χ0v) is 14.7. The fourth-order valence-electron chi connectivity index (χ4n) is 2.39. The summed E-state index contributed by atoms with van der Waals surface area (Å²) >= 11 is 0. The highest BCUT2D eigenvalue weighted by Crippen LogP contribution is 2.33. The van der Waals surface area contributed by atoms with Gasteiger partial charge in [0.25, 0.3) is 5.69 Å². The number of nitro groups is 1. The van der Waals surface area contributed by atoms with Gasteiger partial charge in [0, 0.05) is 17.7 Å². The normalized spacial score (nSPS) is 10.8. The molecule has 0 spiro atoms. The van der Waals surface area contributed by atoms with Gasteiger partial charge in [0.1, 0.15) is 5.75 Å². The Morgan fingerprint density at radius 3 is 2.42 bits per heavy atom. The van der Waals surface area contributed by atoms with Gasteiger partial charge in [-0.1, -0.05) is 0 Å². The number of nitro benzene ring substituents is 1. The van der Waals surface area contributed by atoms with E-state index in [2.05, 4.69) is 6.07 Å². The molecule has 0 unspecified atom stereocenters. The minimum atomic E-state index is -0.491. The third kappa shape index (κ3) is 4.11. The number of nitrogens with zero attached hydrogens (tertiary/aromatic N) is 2. The van der Waals surface area contributed by atoms with Crippen LogP contribution in [0.5, 0.6) is 17.2 Å². The summed E-state index contributed by atoms with van der Waals surface area (Å²) in [6, 6.07) is 11.5. The van der Waals surface area contributed by atoms with E-state index in [-0.39, 0.29) is 5.69 Å². The number of benzene rings is 2. The predicted molar refractivity (Wildman–Crippen MR) is 97.3 cm³/mol. The number of hydrogen-bond donors (Lipinski definition) is 0. The lowest BCUT2D eigenvalue weighted by Gasteiger charge is -2.10. The van der Waals surface area contributed by atoms with Crippen LogP contribution in [0.2, 0.25) is 0 Å². The first-order valence-electron chi connectivity index (χ1n) is 7.79. The van der Waals surface area contributed by atoms with Crippen LogP contribution in [0.25, 0.3) is 11.6 Å². The van der Waals surface area contributed by atoms with E-state index in [0.717, 1.165) is 0 Å². The Kier molecular flexibility index (Phi) is 6.17. The number of rotatable bonds is 7. The van der Waals surface area contributed by atoms with Crippen molar-refractivity contribution >= 4 is 17.3 Å². The largest absolute Gasteiger partial charge is 0.493 e. The zero-order chi connectivity index (χ0) is 19.1. The summed E-state index contributed by atoms with van der Waals surface area (Å²) in [5.74, 6) is 1.49. The Labute approximate surface area is 151 Å². The van der Waals surface area contributed by atoms with Crippen LogP contribution in [-0.4, -0.2) is 25.7 Å². The highest BCUT2D eigenvalue weighted by Gasteiger charge is 2.13. The smallest absolute Gasteiger partial charge is 0.270 e. The molecule has 7 heteroatoms. The molecule has 2 aromatic rings.